The van der Waals surface area contributed by atoms with Gasteiger partial charge in [0.1, 0.15) is 0 Å². The molecule has 1 aliphatic rings. The molecule has 3 rings (SSSR count). The summed E-state index contributed by atoms with van der Waals surface area (Å²) in [5.74, 6) is 0. The van der Waals surface area contributed by atoms with E-state index in [1.807, 2.05) is 54.6 Å². The molecule has 2 aromatic carbocycles. The molecule has 2 aromatic rings. The van der Waals surface area contributed by atoms with Crippen LogP contribution in [0.3, 0.4) is 0 Å². The maximum Gasteiger partial charge on any atom is 0.245 e. The molecule has 1 aliphatic heterocycles. The first kappa shape index (κ1) is 14.9. The van der Waals surface area contributed by atoms with Crippen LogP contribution in [0, 0.1) is 0 Å². The van der Waals surface area contributed by atoms with Gasteiger partial charge in [0.25, 0.3) is 0 Å². The molecule has 0 spiro atoms. The van der Waals surface area contributed by atoms with E-state index in [0.717, 1.165) is 11.3 Å². The number of benzene rings is 2. The molecule has 22 heavy (non-hydrogen) atoms. The van der Waals surface area contributed by atoms with E-state index in [9.17, 15) is 8.42 Å². The number of nitrogens with zero attached hydrogens (tertiary/aromatic N) is 1. The Balaban J connectivity index is 2.27. The van der Waals surface area contributed by atoms with Gasteiger partial charge in [-0.3, -0.25) is 0 Å². The summed E-state index contributed by atoms with van der Waals surface area (Å²) < 4.78 is 27.1. The Morgan fingerprint density at radius 3 is 2.45 bits per heavy atom. The fourth-order valence-electron chi connectivity index (χ4n) is 3.03. The van der Waals surface area contributed by atoms with Crippen molar-refractivity contribution in [2.45, 2.75) is 24.5 Å². The number of anilines is 2. The van der Waals surface area contributed by atoms with Crippen molar-refractivity contribution in [1.29, 1.82) is 0 Å². The quantitative estimate of drug-likeness (QED) is 0.802. The van der Waals surface area contributed by atoms with Crippen molar-refractivity contribution in [1.82, 2.24) is 0 Å². The Morgan fingerprint density at radius 1 is 1.14 bits per heavy atom. The average Bonchev–Trinajstić information content (AvgIpc) is 2.49. The molecular formula is C18H19NO2S. The summed E-state index contributed by atoms with van der Waals surface area (Å²) in [6.07, 6.45) is 2.61. The third-order valence-corrected chi connectivity index (χ3v) is 6.65. The fourth-order valence-corrected chi connectivity index (χ4v) is 4.97. The van der Waals surface area contributed by atoms with Crippen molar-refractivity contribution >= 4 is 21.4 Å². The average molecular weight is 313 g/mol. The Kier molecular flexibility index (Phi) is 3.57. The van der Waals surface area contributed by atoms with Crippen LogP contribution in [-0.4, -0.2) is 13.2 Å². The highest BCUT2D eigenvalue weighted by Crippen LogP contribution is 2.44. The van der Waals surface area contributed by atoms with Gasteiger partial charge in [0.05, 0.1) is 16.1 Å². The number of hydrogen-bond acceptors (Lipinski definition) is 2. The van der Waals surface area contributed by atoms with E-state index in [2.05, 4.69) is 6.58 Å². The molecule has 1 heterocycles. The molecule has 0 aromatic heterocycles. The van der Waals surface area contributed by atoms with Crippen molar-refractivity contribution in [3.63, 3.8) is 0 Å². The first-order valence-electron chi connectivity index (χ1n) is 7.28. The SMILES string of the molecule is C=CC[C@]1(C)Cc2ccccc2N(c2ccccc2)S1(=O)=O. The van der Waals surface area contributed by atoms with Gasteiger partial charge in [-0.15, -0.1) is 6.58 Å². The zero-order chi connectivity index (χ0) is 15.8. The smallest absolute Gasteiger partial charge is 0.238 e. The number of hydrogen-bond donors (Lipinski definition) is 0. The number of fused-ring (bicyclic) bond motifs is 1. The minimum absolute atomic E-state index is 0.424. The molecule has 1 atom stereocenters. The standard InChI is InChI=1S/C18H19NO2S/c1-3-13-18(2)14-15-9-7-8-12-17(15)19(22(18,20)21)16-10-5-4-6-11-16/h3-12H,1,13-14H2,2H3/t18-/m1/s1. The summed E-state index contributed by atoms with van der Waals surface area (Å²) in [7, 11) is -3.53. The van der Waals surface area contributed by atoms with Gasteiger partial charge in [-0.1, -0.05) is 42.5 Å². The topological polar surface area (TPSA) is 37.4 Å². The third kappa shape index (κ3) is 2.15. The maximum absolute atomic E-state index is 13.3. The van der Waals surface area contributed by atoms with Gasteiger partial charge in [-0.05, 0) is 43.5 Å². The van der Waals surface area contributed by atoms with Crippen molar-refractivity contribution < 1.29 is 8.42 Å². The lowest BCUT2D eigenvalue weighted by atomic mass is 9.95. The van der Waals surface area contributed by atoms with Gasteiger partial charge in [-0.25, -0.2) is 12.7 Å². The second kappa shape index (κ2) is 5.29. The van der Waals surface area contributed by atoms with Crippen LogP contribution in [0.25, 0.3) is 0 Å². The number of sulfonamides is 1. The second-order valence-corrected chi connectivity index (χ2v) is 8.15. The Bertz CT molecular complexity index is 799. The fraction of sp³-hybridized carbons (Fsp3) is 0.222. The molecule has 114 valence electrons. The first-order valence-corrected chi connectivity index (χ1v) is 8.72. The van der Waals surface area contributed by atoms with Crippen LogP contribution in [0.1, 0.15) is 18.9 Å². The van der Waals surface area contributed by atoms with Gasteiger partial charge in [0.2, 0.25) is 10.0 Å². The highest BCUT2D eigenvalue weighted by molar-refractivity contribution is 7.94. The monoisotopic (exact) mass is 313 g/mol. The Labute approximate surface area is 132 Å². The van der Waals surface area contributed by atoms with E-state index in [-0.39, 0.29) is 0 Å². The Morgan fingerprint density at radius 2 is 1.77 bits per heavy atom. The summed E-state index contributed by atoms with van der Waals surface area (Å²) in [5.41, 5.74) is 2.46. The van der Waals surface area contributed by atoms with Gasteiger partial charge in [-0.2, -0.15) is 0 Å². The van der Waals surface area contributed by atoms with E-state index < -0.39 is 14.8 Å². The molecule has 0 saturated heterocycles. The van der Waals surface area contributed by atoms with Crippen LogP contribution < -0.4 is 4.31 Å². The second-order valence-electron chi connectivity index (χ2n) is 5.85. The molecule has 0 unspecified atom stereocenters. The summed E-state index contributed by atoms with van der Waals surface area (Å²) >= 11 is 0. The molecule has 0 aliphatic carbocycles. The lowest BCUT2D eigenvalue weighted by Gasteiger charge is -2.41. The molecular weight excluding hydrogens is 294 g/mol. The van der Waals surface area contributed by atoms with Crippen molar-refractivity contribution in [3.8, 4) is 0 Å². The van der Waals surface area contributed by atoms with Crippen LogP contribution in [0.5, 0.6) is 0 Å². The molecule has 4 heteroatoms. The lowest BCUT2D eigenvalue weighted by Crippen LogP contribution is -2.49. The molecule has 3 nitrogen and oxygen atoms in total. The summed E-state index contributed by atoms with van der Waals surface area (Å²) in [4.78, 5) is 0. The molecule has 0 fully saturated rings. The molecule has 0 bridgehead atoms. The zero-order valence-corrected chi connectivity index (χ0v) is 13.4. The van der Waals surface area contributed by atoms with Gasteiger partial charge in [0.15, 0.2) is 0 Å². The third-order valence-electron chi connectivity index (χ3n) is 4.20. The first-order chi connectivity index (χ1) is 10.5. The highest BCUT2D eigenvalue weighted by Gasteiger charge is 2.47. The minimum Gasteiger partial charge on any atom is -0.238 e. The highest BCUT2D eigenvalue weighted by atomic mass is 32.2. The van der Waals surface area contributed by atoms with Gasteiger partial charge in [0, 0.05) is 0 Å². The molecule has 0 amide bonds. The summed E-state index contributed by atoms with van der Waals surface area (Å²) in [5, 5.41) is 0. The van der Waals surface area contributed by atoms with Crippen molar-refractivity contribution in [2.75, 3.05) is 4.31 Å². The predicted molar refractivity (Wildman–Crippen MR) is 90.9 cm³/mol. The van der Waals surface area contributed by atoms with Crippen LogP contribution in [0.15, 0.2) is 67.3 Å². The lowest BCUT2D eigenvalue weighted by molar-refractivity contribution is 0.520. The van der Waals surface area contributed by atoms with E-state index >= 15 is 0 Å². The van der Waals surface area contributed by atoms with E-state index in [4.69, 9.17) is 0 Å². The molecule has 0 N–H and O–H groups in total. The van der Waals surface area contributed by atoms with Crippen molar-refractivity contribution in [2.24, 2.45) is 0 Å². The van der Waals surface area contributed by atoms with Gasteiger partial charge >= 0.3 is 0 Å². The van der Waals surface area contributed by atoms with Crippen LogP contribution in [0.4, 0.5) is 11.4 Å². The van der Waals surface area contributed by atoms with E-state index in [1.54, 1.807) is 13.0 Å². The van der Waals surface area contributed by atoms with Crippen LogP contribution in [0.2, 0.25) is 0 Å². The number of allylic oxidation sites excluding steroid dienone is 1. The molecule has 0 radical (unpaired) electrons. The maximum atomic E-state index is 13.3. The number of rotatable bonds is 3. The summed E-state index contributed by atoms with van der Waals surface area (Å²) in [6, 6.07) is 16.9. The normalized spacial score (nSPS) is 22.9. The minimum atomic E-state index is -3.53. The molecule has 0 saturated carbocycles. The van der Waals surface area contributed by atoms with E-state index in [0.29, 0.717) is 18.5 Å². The largest absolute Gasteiger partial charge is 0.245 e. The van der Waals surface area contributed by atoms with Gasteiger partial charge < -0.3 is 0 Å². The Hall–Kier alpha value is -2.07. The van der Waals surface area contributed by atoms with E-state index in [1.165, 1.54) is 4.31 Å². The summed E-state index contributed by atoms with van der Waals surface area (Å²) in [6.45, 7) is 5.54. The van der Waals surface area contributed by atoms with Crippen molar-refractivity contribution in [3.05, 3.63) is 72.8 Å². The van der Waals surface area contributed by atoms with Crippen LogP contribution in [-0.2, 0) is 16.4 Å². The van der Waals surface area contributed by atoms with Crippen LogP contribution >= 0.6 is 0 Å². The zero-order valence-electron chi connectivity index (χ0n) is 12.6. The number of para-hydroxylation sites is 2. The predicted octanol–water partition coefficient (Wildman–Crippen LogP) is 4.05.